The molecule has 1 saturated heterocycles. The van der Waals surface area contributed by atoms with Crippen LogP contribution in [0.1, 0.15) is 19.3 Å². The number of hydrogen-bond donors (Lipinski definition) is 1. The predicted molar refractivity (Wildman–Crippen MR) is 73.9 cm³/mol. The number of benzene rings is 1. The van der Waals surface area contributed by atoms with Gasteiger partial charge in [-0.05, 0) is 36.8 Å². The summed E-state index contributed by atoms with van der Waals surface area (Å²) in [5.74, 6) is -4.66. The van der Waals surface area contributed by atoms with Gasteiger partial charge in [-0.15, -0.1) is 0 Å². The maximum atomic E-state index is 13.8. The van der Waals surface area contributed by atoms with Crippen molar-refractivity contribution in [3.8, 4) is 0 Å². The summed E-state index contributed by atoms with van der Waals surface area (Å²) in [7, 11) is -4.19. The van der Waals surface area contributed by atoms with Crippen LogP contribution >= 0.6 is 0 Å². The first-order chi connectivity index (χ1) is 10.3. The Morgan fingerprint density at radius 1 is 1.09 bits per heavy atom. The minimum absolute atomic E-state index is 0.0388. The molecule has 2 aliphatic rings. The average molecular weight is 334 g/mol. The molecule has 3 atom stereocenters. The van der Waals surface area contributed by atoms with E-state index >= 15 is 0 Å². The van der Waals surface area contributed by atoms with E-state index in [-0.39, 0.29) is 31.0 Å². The highest BCUT2D eigenvalue weighted by Gasteiger charge is 2.44. The van der Waals surface area contributed by atoms with Crippen LogP contribution in [0.3, 0.4) is 0 Å². The summed E-state index contributed by atoms with van der Waals surface area (Å²) in [6.45, 7) is 0.450. The molecule has 122 valence electrons. The van der Waals surface area contributed by atoms with Crippen molar-refractivity contribution in [3.05, 3.63) is 29.6 Å². The van der Waals surface area contributed by atoms with Crippen molar-refractivity contribution in [2.45, 2.75) is 30.2 Å². The molecule has 1 saturated carbocycles. The van der Waals surface area contributed by atoms with Crippen molar-refractivity contribution >= 4 is 10.0 Å². The minimum Gasteiger partial charge on any atom is -0.327 e. The summed E-state index contributed by atoms with van der Waals surface area (Å²) in [5.41, 5.74) is 6.03. The minimum atomic E-state index is -4.19. The molecule has 1 aliphatic heterocycles. The quantitative estimate of drug-likeness (QED) is 0.840. The van der Waals surface area contributed by atoms with E-state index in [1.807, 2.05) is 0 Å². The van der Waals surface area contributed by atoms with Gasteiger partial charge in [0.2, 0.25) is 10.0 Å². The van der Waals surface area contributed by atoms with Gasteiger partial charge in [0.1, 0.15) is 4.90 Å². The lowest BCUT2D eigenvalue weighted by Crippen LogP contribution is -2.38. The zero-order valence-electron chi connectivity index (χ0n) is 11.8. The van der Waals surface area contributed by atoms with Gasteiger partial charge in [-0.25, -0.2) is 21.6 Å². The number of sulfonamides is 1. The fourth-order valence-corrected chi connectivity index (χ4v) is 5.11. The van der Waals surface area contributed by atoms with E-state index in [0.29, 0.717) is 6.07 Å². The lowest BCUT2D eigenvalue weighted by molar-refractivity contribution is 0.260. The fourth-order valence-electron chi connectivity index (χ4n) is 3.52. The first-order valence-corrected chi connectivity index (χ1v) is 8.65. The largest absolute Gasteiger partial charge is 0.327 e. The van der Waals surface area contributed by atoms with E-state index in [9.17, 15) is 21.6 Å². The zero-order valence-corrected chi connectivity index (χ0v) is 12.6. The summed E-state index contributed by atoms with van der Waals surface area (Å²) in [6.07, 6.45) is 2.66. The Hall–Kier alpha value is -1.12. The molecule has 0 amide bonds. The molecule has 3 unspecified atom stereocenters. The van der Waals surface area contributed by atoms with Crippen LogP contribution in [0, 0.1) is 29.3 Å². The monoisotopic (exact) mass is 334 g/mol. The van der Waals surface area contributed by atoms with Gasteiger partial charge in [0, 0.05) is 19.1 Å². The van der Waals surface area contributed by atoms with Gasteiger partial charge in [-0.1, -0.05) is 6.42 Å². The van der Waals surface area contributed by atoms with Crippen molar-refractivity contribution < 1.29 is 21.6 Å². The Morgan fingerprint density at radius 2 is 1.82 bits per heavy atom. The van der Waals surface area contributed by atoms with E-state index in [0.717, 1.165) is 29.6 Å². The summed E-state index contributed by atoms with van der Waals surface area (Å²) >= 11 is 0. The van der Waals surface area contributed by atoms with Gasteiger partial charge >= 0.3 is 0 Å². The molecule has 8 heteroatoms. The van der Waals surface area contributed by atoms with Crippen molar-refractivity contribution in [1.82, 2.24) is 4.31 Å². The molecule has 1 aromatic rings. The Bertz CT molecular complexity index is 696. The maximum absolute atomic E-state index is 13.8. The number of halogens is 3. The standard InChI is InChI=1S/C14H17F3N2O2S/c15-10-4-5-12(14(17)13(10)16)22(20,21)19-6-8-2-1-3-11(18)9(8)7-19/h4-5,8-9,11H,1-3,6-7,18H2. The second kappa shape index (κ2) is 5.50. The number of fused-ring (bicyclic) bond motifs is 1. The summed E-state index contributed by atoms with van der Waals surface area (Å²) in [5, 5.41) is 0. The van der Waals surface area contributed by atoms with Crippen LogP contribution in [0.25, 0.3) is 0 Å². The Labute approximate surface area is 127 Å². The van der Waals surface area contributed by atoms with Crippen LogP contribution in [0.15, 0.2) is 17.0 Å². The van der Waals surface area contributed by atoms with Gasteiger partial charge in [-0.2, -0.15) is 4.31 Å². The van der Waals surface area contributed by atoms with Crippen LogP contribution in [0.5, 0.6) is 0 Å². The second-order valence-corrected chi connectivity index (χ2v) is 7.92. The van der Waals surface area contributed by atoms with E-state index < -0.39 is 32.4 Å². The highest BCUT2D eigenvalue weighted by Crippen LogP contribution is 2.38. The van der Waals surface area contributed by atoms with Crippen LogP contribution < -0.4 is 5.73 Å². The molecular formula is C14H17F3N2O2S. The number of rotatable bonds is 2. The lowest BCUT2D eigenvalue weighted by atomic mass is 9.78. The fraction of sp³-hybridized carbons (Fsp3) is 0.571. The smallest absolute Gasteiger partial charge is 0.246 e. The third kappa shape index (κ3) is 2.43. The molecule has 4 nitrogen and oxygen atoms in total. The maximum Gasteiger partial charge on any atom is 0.246 e. The predicted octanol–water partition coefficient (Wildman–Crippen LogP) is 1.85. The molecule has 0 spiro atoms. The molecule has 2 fully saturated rings. The van der Waals surface area contributed by atoms with Crippen molar-refractivity contribution in [1.29, 1.82) is 0 Å². The van der Waals surface area contributed by atoms with Crippen LogP contribution in [0.2, 0.25) is 0 Å². The van der Waals surface area contributed by atoms with Gasteiger partial charge in [0.05, 0.1) is 0 Å². The van der Waals surface area contributed by atoms with Crippen LogP contribution in [-0.2, 0) is 10.0 Å². The molecule has 1 heterocycles. The van der Waals surface area contributed by atoms with Gasteiger partial charge in [0.25, 0.3) is 0 Å². The SMILES string of the molecule is NC1CCCC2CN(S(=O)(=O)c3ccc(F)c(F)c3F)CC12. The van der Waals surface area contributed by atoms with Gasteiger partial charge in [0.15, 0.2) is 17.5 Å². The summed E-state index contributed by atoms with van der Waals surface area (Å²) in [6, 6.07) is 1.32. The third-order valence-electron chi connectivity index (χ3n) is 4.74. The third-order valence-corrected chi connectivity index (χ3v) is 6.59. The second-order valence-electron chi connectivity index (χ2n) is 6.01. The van der Waals surface area contributed by atoms with Crippen molar-refractivity contribution in [2.24, 2.45) is 17.6 Å². The molecule has 1 aromatic carbocycles. The topological polar surface area (TPSA) is 63.4 Å². The molecular weight excluding hydrogens is 317 g/mol. The first-order valence-electron chi connectivity index (χ1n) is 7.21. The number of nitrogens with zero attached hydrogens (tertiary/aromatic N) is 1. The van der Waals surface area contributed by atoms with Gasteiger partial charge < -0.3 is 5.73 Å². The van der Waals surface area contributed by atoms with E-state index in [1.165, 1.54) is 0 Å². The number of nitrogens with two attached hydrogens (primary N) is 1. The molecule has 0 radical (unpaired) electrons. The molecule has 2 N–H and O–H groups in total. The average Bonchev–Trinajstić information content (AvgIpc) is 2.91. The lowest BCUT2D eigenvalue weighted by Gasteiger charge is -2.29. The number of hydrogen-bond acceptors (Lipinski definition) is 3. The van der Waals surface area contributed by atoms with E-state index in [1.54, 1.807) is 0 Å². The molecule has 1 aliphatic carbocycles. The van der Waals surface area contributed by atoms with Gasteiger partial charge in [-0.3, -0.25) is 0 Å². The summed E-state index contributed by atoms with van der Waals surface area (Å²) in [4.78, 5) is -0.821. The molecule has 22 heavy (non-hydrogen) atoms. The normalized spacial score (nSPS) is 29.5. The highest BCUT2D eigenvalue weighted by molar-refractivity contribution is 7.89. The molecule has 0 aromatic heterocycles. The molecule has 3 rings (SSSR count). The Balaban J connectivity index is 1.93. The van der Waals surface area contributed by atoms with E-state index in [2.05, 4.69) is 0 Å². The zero-order chi connectivity index (χ0) is 16.1. The summed E-state index contributed by atoms with van der Waals surface area (Å²) < 4.78 is 66.3. The Morgan fingerprint density at radius 3 is 2.50 bits per heavy atom. The van der Waals surface area contributed by atoms with Crippen LogP contribution in [-0.4, -0.2) is 31.9 Å². The highest BCUT2D eigenvalue weighted by atomic mass is 32.2. The van der Waals surface area contributed by atoms with Crippen molar-refractivity contribution in [2.75, 3.05) is 13.1 Å². The van der Waals surface area contributed by atoms with Crippen LogP contribution in [0.4, 0.5) is 13.2 Å². The Kier molecular flexibility index (Phi) is 3.94. The van der Waals surface area contributed by atoms with Crippen molar-refractivity contribution in [3.63, 3.8) is 0 Å². The first kappa shape index (κ1) is 15.8. The van der Waals surface area contributed by atoms with E-state index in [4.69, 9.17) is 5.73 Å². The molecule has 0 bridgehead atoms.